The van der Waals surface area contributed by atoms with Crippen molar-refractivity contribution >= 4 is 23.8 Å². The van der Waals surface area contributed by atoms with Crippen molar-refractivity contribution in [3.05, 3.63) is 141 Å². The molecule has 20 nitrogen and oxygen atoms in total. The second kappa shape index (κ2) is 37.5. The maximum Gasteiger partial charge on any atom is 0.309 e. The fourth-order valence-electron chi connectivity index (χ4n) is 10.1. The Kier molecular flexibility index (Phi) is 30.9. The summed E-state index contributed by atoms with van der Waals surface area (Å²) in [4.78, 5) is 77.8. The molecule has 80 heavy (non-hydrogen) atoms. The number of nitrogens with zero attached hydrogens (tertiary/aromatic N) is 2. The molecule has 0 radical (unpaired) electrons. The molecule has 2 amide bonds. The lowest BCUT2D eigenvalue weighted by Gasteiger charge is -2.21. The summed E-state index contributed by atoms with van der Waals surface area (Å²) in [5, 5.41) is 67.0. The van der Waals surface area contributed by atoms with E-state index in [0.717, 1.165) is 36.8 Å². The molecule has 3 fully saturated rings. The molecule has 2 aromatic rings. The lowest BCUT2D eigenvalue weighted by atomic mass is 9.89. The third kappa shape index (κ3) is 26.2. The number of hydrogen-bond donors (Lipinski definition) is 6. The van der Waals surface area contributed by atoms with Crippen LogP contribution in [0.25, 0.3) is 0 Å². The van der Waals surface area contributed by atoms with Gasteiger partial charge in [0.2, 0.25) is 11.8 Å². The van der Waals surface area contributed by atoms with Crippen molar-refractivity contribution in [3.8, 4) is 0 Å². The highest BCUT2D eigenvalue weighted by molar-refractivity contribution is 5.76. The van der Waals surface area contributed by atoms with Crippen LogP contribution < -0.4 is 10.6 Å². The van der Waals surface area contributed by atoms with Gasteiger partial charge in [0.05, 0.1) is 36.9 Å². The number of aliphatic hydroxyl groups is 4. The first-order valence-electron chi connectivity index (χ1n) is 28.5. The average molecular weight is 1120 g/mol. The van der Waals surface area contributed by atoms with Crippen molar-refractivity contribution in [3.63, 3.8) is 0 Å². The fourth-order valence-corrected chi connectivity index (χ4v) is 10.1. The minimum absolute atomic E-state index is 0.0417. The van der Waals surface area contributed by atoms with Crippen LogP contribution >= 0.6 is 0 Å². The quantitative estimate of drug-likeness (QED) is 0.0126. The van der Waals surface area contributed by atoms with E-state index in [1.165, 1.54) is 0 Å². The monoisotopic (exact) mass is 1120 g/mol. The van der Waals surface area contributed by atoms with Gasteiger partial charge in [-0.15, -0.1) is 20.2 Å². The topological polar surface area (TPSA) is 296 Å². The van der Waals surface area contributed by atoms with Crippen LogP contribution in [-0.4, -0.2) is 117 Å². The molecule has 0 aromatic heterocycles. The van der Waals surface area contributed by atoms with Gasteiger partial charge < -0.3 is 50.2 Å². The molecule has 0 unspecified atom stereocenters. The first-order valence-corrected chi connectivity index (χ1v) is 28.5. The van der Waals surface area contributed by atoms with Gasteiger partial charge in [0.1, 0.15) is 18.8 Å². The number of hydrogen-bond acceptors (Lipinski definition) is 16. The van der Waals surface area contributed by atoms with Crippen LogP contribution in [0.2, 0.25) is 0 Å². The molecule has 0 bridgehead atoms. The van der Waals surface area contributed by atoms with E-state index in [1.54, 1.807) is 6.08 Å². The summed E-state index contributed by atoms with van der Waals surface area (Å²) in [6.45, 7) is 4.84. The van der Waals surface area contributed by atoms with Gasteiger partial charge in [0.25, 0.3) is 10.2 Å². The molecule has 0 spiro atoms. The fraction of sp³-hybridized carbons (Fsp3) is 0.600. The molecule has 12 atom stereocenters. The smallest absolute Gasteiger partial charge is 0.309 e. The van der Waals surface area contributed by atoms with E-state index >= 15 is 0 Å². The number of carbonyl (C=O) groups excluding carboxylic acids is 4. The number of nitrogens with one attached hydrogen (secondary N) is 2. The molecule has 0 aliphatic heterocycles. The second-order valence-corrected chi connectivity index (χ2v) is 20.8. The minimum Gasteiger partial charge on any atom is -0.458 e. The van der Waals surface area contributed by atoms with Gasteiger partial charge in [-0.25, -0.2) is 0 Å². The molecule has 3 aliphatic rings. The Bertz CT molecular complexity index is 2280. The molecule has 20 heteroatoms. The number of unbranched alkanes of at least 4 members (excludes halogenated alkanes) is 3. The van der Waals surface area contributed by atoms with Crippen molar-refractivity contribution in [2.75, 3.05) is 26.3 Å². The van der Waals surface area contributed by atoms with E-state index < -0.39 is 64.7 Å². The van der Waals surface area contributed by atoms with Crippen LogP contribution in [0.1, 0.15) is 128 Å². The van der Waals surface area contributed by atoms with E-state index in [1.807, 2.05) is 117 Å². The average Bonchev–Trinajstić information content (AvgIpc) is 4.11. The predicted molar refractivity (Wildman–Crippen MR) is 299 cm³/mol. The number of aliphatic hydroxyl groups excluding tert-OH is 4. The second-order valence-electron chi connectivity index (χ2n) is 20.8. The van der Waals surface area contributed by atoms with Gasteiger partial charge in [-0.2, -0.15) is 0 Å². The Morgan fingerprint density at radius 1 is 0.613 bits per heavy atom. The SMILES string of the molecule is CCNC(=O)CCC/C=C\C[C@@H]1[C@@H](/C=C/[C@H](CCc2ccccc2)OC(=O)CCCCO[N+](=O)[O-])[C@H](O)C[C@@H]1O.CCNC(=O)CCC/C=C\C[C@@H]1[C@@H](/C=C/[C@H](CCc2ccccc2)OC(=O)[C@H]2C[C@@H]2CO[N+](=O)[O-])[C@H](O)C[C@@H]1O. The number of allylic oxidation sites excluding steroid dienone is 4. The Balaban J connectivity index is 0.000000344. The lowest BCUT2D eigenvalue weighted by molar-refractivity contribution is -0.758. The van der Waals surface area contributed by atoms with Crippen LogP contribution in [0.4, 0.5) is 0 Å². The zero-order valence-electron chi connectivity index (χ0n) is 46.5. The molecule has 0 saturated heterocycles. The van der Waals surface area contributed by atoms with Crippen molar-refractivity contribution in [2.24, 2.45) is 35.5 Å². The highest BCUT2D eigenvalue weighted by atomic mass is 17.0. The number of amides is 2. The number of benzene rings is 2. The maximum atomic E-state index is 12.8. The van der Waals surface area contributed by atoms with E-state index in [2.05, 4.69) is 20.3 Å². The summed E-state index contributed by atoms with van der Waals surface area (Å²) in [5.74, 6) is -2.29. The molecular weight excluding hydrogens is 1030 g/mol. The third-order valence-corrected chi connectivity index (χ3v) is 14.6. The zero-order valence-corrected chi connectivity index (χ0v) is 46.5. The van der Waals surface area contributed by atoms with Crippen molar-refractivity contribution < 1.29 is 68.9 Å². The molecule has 442 valence electrons. The zero-order chi connectivity index (χ0) is 58.1. The first kappa shape index (κ1) is 66.0. The van der Waals surface area contributed by atoms with Gasteiger partial charge in [-0.3, -0.25) is 19.2 Å². The normalized spacial score (nSPS) is 24.0. The largest absolute Gasteiger partial charge is 0.458 e. The summed E-state index contributed by atoms with van der Waals surface area (Å²) in [6.07, 6.45) is 21.2. The summed E-state index contributed by atoms with van der Waals surface area (Å²) < 4.78 is 11.5. The summed E-state index contributed by atoms with van der Waals surface area (Å²) in [6, 6.07) is 19.7. The van der Waals surface area contributed by atoms with Crippen molar-refractivity contribution in [1.29, 1.82) is 0 Å². The van der Waals surface area contributed by atoms with Crippen LogP contribution in [0.15, 0.2) is 109 Å². The standard InChI is InChI=1S/C30H42N2O8.C30H44N2O8/c1-2-31-29(35)13-9-4-3-8-12-24-25(28(34)19-27(24)33)17-16-23(15-14-21-10-6-5-7-11-21)40-30(36)26-18-22(26)20-39-32(37)38;1-2-31-29(35)15-9-4-3-8-14-25-26(28(34)22-27(25)33)20-19-24(18-17-23-12-6-5-7-13-23)40-30(36)16-10-11-21-39-32(37)38/h3,5-8,10-11,16-17,22-28,33-34H,2,4,9,12-15,18-20H2,1H3,(H,31,35);3,5-8,12-13,19-20,24-28,33-34H,2,4,9-11,14-18,21-22H2,1H3,(H,31,35)/b8-3-,17-16+;8-3-,20-19+/t22-,23+,24-,25-,26+,27+,28-;24-,25+,26+,27-,28+/m10/s1. The van der Waals surface area contributed by atoms with Gasteiger partial charge >= 0.3 is 11.9 Å². The highest BCUT2D eigenvalue weighted by Crippen LogP contribution is 2.41. The Morgan fingerprint density at radius 2 is 1.09 bits per heavy atom. The van der Waals surface area contributed by atoms with Gasteiger partial charge in [-0.1, -0.05) is 97.1 Å². The van der Waals surface area contributed by atoms with Gasteiger partial charge in [0, 0.05) is 57.0 Å². The lowest BCUT2D eigenvalue weighted by Crippen LogP contribution is -2.22. The van der Waals surface area contributed by atoms with Gasteiger partial charge in [0.15, 0.2) is 0 Å². The van der Waals surface area contributed by atoms with Gasteiger partial charge in [-0.05, 0) is 138 Å². The number of esters is 2. The predicted octanol–water partition coefficient (Wildman–Crippen LogP) is 7.62. The number of aryl methyl sites for hydroxylation is 2. The Hall–Kier alpha value is -6.48. The van der Waals surface area contributed by atoms with E-state index in [-0.39, 0.29) is 73.9 Å². The molecule has 6 N–H and O–H groups in total. The summed E-state index contributed by atoms with van der Waals surface area (Å²) >= 11 is 0. The molecule has 3 saturated carbocycles. The maximum absolute atomic E-state index is 12.8. The Morgan fingerprint density at radius 3 is 1.55 bits per heavy atom. The highest BCUT2D eigenvalue weighted by Gasteiger charge is 2.46. The van der Waals surface area contributed by atoms with Crippen LogP contribution in [0, 0.1) is 55.7 Å². The molecule has 0 heterocycles. The summed E-state index contributed by atoms with van der Waals surface area (Å²) in [7, 11) is 0. The number of carbonyl (C=O) groups is 4. The van der Waals surface area contributed by atoms with E-state index in [9.17, 15) is 59.8 Å². The molecule has 2 aromatic carbocycles. The number of ether oxygens (including phenoxy) is 2. The van der Waals surface area contributed by atoms with Crippen LogP contribution in [0.5, 0.6) is 0 Å². The minimum atomic E-state index is -0.856. The van der Waals surface area contributed by atoms with Crippen molar-refractivity contribution in [2.45, 2.75) is 166 Å². The summed E-state index contributed by atoms with van der Waals surface area (Å²) in [5.41, 5.74) is 2.22. The molecule has 3 aliphatic carbocycles. The molecular formula is C60H86N4O16. The third-order valence-electron chi connectivity index (χ3n) is 14.6. The Labute approximate surface area is 470 Å². The van der Waals surface area contributed by atoms with E-state index in [0.29, 0.717) is 83.7 Å². The first-order chi connectivity index (χ1) is 38.6. The number of rotatable bonds is 36. The molecule has 5 rings (SSSR count). The van der Waals surface area contributed by atoms with Crippen molar-refractivity contribution in [1.82, 2.24) is 10.6 Å². The van der Waals surface area contributed by atoms with E-state index in [4.69, 9.17) is 9.47 Å². The van der Waals surface area contributed by atoms with Crippen LogP contribution in [0.3, 0.4) is 0 Å². The van der Waals surface area contributed by atoms with Crippen LogP contribution in [-0.2, 0) is 51.2 Å².